The summed E-state index contributed by atoms with van der Waals surface area (Å²) in [5, 5.41) is 0. The number of fused-ring (bicyclic) bond motifs is 1. The smallest absolute Gasteiger partial charge is 0.414 e. The van der Waals surface area contributed by atoms with Crippen LogP contribution in [0.4, 0.5) is 0 Å². The quantitative estimate of drug-likeness (QED) is 0.845. The minimum absolute atomic E-state index is 0.0803. The Hall–Kier alpha value is -2.37. The summed E-state index contributed by atoms with van der Waals surface area (Å²) in [5.74, 6) is -0.591. The molecule has 0 aliphatic carbocycles. The highest BCUT2D eigenvalue weighted by molar-refractivity contribution is 5.98. The van der Waals surface area contributed by atoms with E-state index in [1.165, 1.54) is 6.07 Å². The number of benzene rings is 1. The molecule has 1 amide bonds. The van der Waals surface area contributed by atoms with Crippen molar-refractivity contribution in [2.45, 2.75) is 39.5 Å². The van der Waals surface area contributed by atoms with Crippen LogP contribution in [0.3, 0.4) is 0 Å². The van der Waals surface area contributed by atoms with Crippen molar-refractivity contribution in [3.8, 4) is 0 Å². The first kappa shape index (κ1) is 15.0. The van der Waals surface area contributed by atoms with E-state index in [9.17, 15) is 14.4 Å². The first-order valence-electron chi connectivity index (χ1n) is 6.92. The van der Waals surface area contributed by atoms with Crippen LogP contribution in [0.25, 0.3) is 11.2 Å². The van der Waals surface area contributed by atoms with Crippen molar-refractivity contribution in [3.05, 3.63) is 43.6 Å². The van der Waals surface area contributed by atoms with Crippen LogP contribution in [0.1, 0.15) is 48.2 Å². The Morgan fingerprint density at radius 3 is 2.19 bits per heavy atom. The minimum Gasteiger partial charge on any atom is -0.414 e. The molecule has 112 valence electrons. The van der Waals surface area contributed by atoms with Crippen LogP contribution >= 0.6 is 0 Å². The van der Waals surface area contributed by atoms with Gasteiger partial charge in [0.25, 0.3) is 0 Å². The van der Waals surface area contributed by atoms with E-state index in [2.05, 4.69) is 0 Å². The summed E-state index contributed by atoms with van der Waals surface area (Å²) in [7, 11) is 0. The van der Waals surface area contributed by atoms with Crippen LogP contribution < -0.4 is 17.0 Å². The number of nitrogens with two attached hydrogens (primary N) is 1. The number of aryl methyl sites for hydroxylation is 1. The van der Waals surface area contributed by atoms with Gasteiger partial charge < -0.3 is 14.6 Å². The zero-order valence-corrected chi connectivity index (χ0v) is 12.0. The Morgan fingerprint density at radius 2 is 1.62 bits per heavy atom. The first-order chi connectivity index (χ1) is 9.99. The number of hydrogen-bond donors (Lipinski definition) is 1. The molecule has 2 rings (SSSR count). The van der Waals surface area contributed by atoms with E-state index < -0.39 is 17.2 Å². The van der Waals surface area contributed by atoms with Crippen LogP contribution in [0, 0.1) is 0 Å². The molecule has 1 aromatic heterocycles. The average molecular weight is 291 g/mol. The fourth-order valence-corrected chi connectivity index (χ4v) is 2.47. The topological polar surface area (TPSA) is 104 Å². The molecule has 2 aromatic rings. The normalized spacial score (nSPS) is 11.0. The lowest BCUT2D eigenvalue weighted by Crippen LogP contribution is -2.22. The van der Waals surface area contributed by atoms with Gasteiger partial charge in [-0.1, -0.05) is 26.7 Å². The Morgan fingerprint density at radius 1 is 1.05 bits per heavy atom. The fourth-order valence-electron chi connectivity index (χ4n) is 2.47. The molecular formula is C15H17NO5. The maximum absolute atomic E-state index is 11.7. The van der Waals surface area contributed by atoms with Crippen molar-refractivity contribution in [1.82, 2.24) is 0 Å². The number of carbonyl (C=O) groups is 1. The van der Waals surface area contributed by atoms with Crippen LogP contribution in [-0.2, 0) is 12.8 Å². The molecule has 1 aromatic carbocycles. The van der Waals surface area contributed by atoms with Gasteiger partial charge in [-0.3, -0.25) is 4.79 Å². The van der Waals surface area contributed by atoms with Gasteiger partial charge >= 0.3 is 11.3 Å². The second-order valence-electron chi connectivity index (χ2n) is 4.85. The molecule has 0 atom stereocenters. The van der Waals surface area contributed by atoms with E-state index in [4.69, 9.17) is 14.6 Å². The SMILES string of the molecule is CCCc1c(C(N)=O)cc2oc(=O)c(=O)oc2c1CCC. The lowest BCUT2D eigenvalue weighted by molar-refractivity contribution is 0.0999. The highest BCUT2D eigenvalue weighted by Crippen LogP contribution is 2.27. The standard InChI is InChI=1S/C15H17NO5/c1-3-5-8-9(6-4-2)12-11(7-10(8)13(16)17)20-14(18)15(19)21-12/h7H,3-6H2,1-2H3,(H2,16,17). The van der Waals surface area contributed by atoms with Gasteiger partial charge in [0.15, 0.2) is 11.2 Å². The first-order valence-corrected chi connectivity index (χ1v) is 6.92. The van der Waals surface area contributed by atoms with E-state index in [1.54, 1.807) is 0 Å². The minimum atomic E-state index is -1.09. The van der Waals surface area contributed by atoms with E-state index in [1.807, 2.05) is 13.8 Å². The van der Waals surface area contributed by atoms with Crippen LogP contribution in [0.5, 0.6) is 0 Å². The summed E-state index contributed by atoms with van der Waals surface area (Å²) in [6.45, 7) is 3.95. The second kappa shape index (κ2) is 5.95. The van der Waals surface area contributed by atoms with Gasteiger partial charge in [-0.15, -0.1) is 0 Å². The predicted octanol–water partition coefficient (Wildman–Crippen LogP) is 1.75. The third-order valence-electron chi connectivity index (χ3n) is 3.29. The molecule has 0 aliphatic heterocycles. The van der Waals surface area contributed by atoms with Gasteiger partial charge in [-0.25, -0.2) is 9.59 Å². The Kier molecular flexibility index (Phi) is 4.26. The summed E-state index contributed by atoms with van der Waals surface area (Å²) >= 11 is 0. The molecule has 6 nitrogen and oxygen atoms in total. The van der Waals surface area contributed by atoms with E-state index in [0.717, 1.165) is 18.4 Å². The van der Waals surface area contributed by atoms with Crippen molar-refractivity contribution in [2.75, 3.05) is 0 Å². The molecule has 0 saturated heterocycles. The van der Waals surface area contributed by atoms with Gasteiger partial charge in [0.2, 0.25) is 5.91 Å². The monoisotopic (exact) mass is 291 g/mol. The van der Waals surface area contributed by atoms with Crippen molar-refractivity contribution in [3.63, 3.8) is 0 Å². The Bertz CT molecular complexity index is 800. The third-order valence-corrected chi connectivity index (χ3v) is 3.29. The molecule has 0 bridgehead atoms. The van der Waals surface area contributed by atoms with Gasteiger partial charge in [0.05, 0.1) is 0 Å². The van der Waals surface area contributed by atoms with Gasteiger partial charge in [0, 0.05) is 11.1 Å². The molecule has 0 unspecified atom stereocenters. The number of primary amides is 1. The Labute approximate surface area is 120 Å². The largest absolute Gasteiger partial charge is 0.423 e. The molecule has 1 heterocycles. The summed E-state index contributed by atoms with van der Waals surface area (Å²) < 4.78 is 10.0. The van der Waals surface area contributed by atoms with E-state index >= 15 is 0 Å². The molecule has 0 saturated carbocycles. The van der Waals surface area contributed by atoms with Crippen LogP contribution in [0.2, 0.25) is 0 Å². The molecule has 0 radical (unpaired) electrons. The Balaban J connectivity index is 2.93. The zero-order valence-electron chi connectivity index (χ0n) is 12.0. The molecule has 0 aliphatic rings. The summed E-state index contributed by atoms with van der Waals surface area (Å²) in [4.78, 5) is 34.4. The maximum Gasteiger partial charge on any atom is 0.423 e. The number of rotatable bonds is 5. The second-order valence-corrected chi connectivity index (χ2v) is 4.85. The molecular weight excluding hydrogens is 274 g/mol. The summed E-state index contributed by atoms with van der Waals surface area (Å²) in [6, 6.07) is 1.38. The van der Waals surface area contributed by atoms with Crippen molar-refractivity contribution in [2.24, 2.45) is 5.73 Å². The van der Waals surface area contributed by atoms with Crippen molar-refractivity contribution >= 4 is 17.1 Å². The number of hydrogen-bond acceptors (Lipinski definition) is 5. The lowest BCUT2D eigenvalue weighted by Gasteiger charge is -2.13. The molecule has 0 fully saturated rings. The number of carbonyl (C=O) groups excluding carboxylic acids is 1. The van der Waals surface area contributed by atoms with Gasteiger partial charge in [0.1, 0.15) is 0 Å². The fraction of sp³-hybridized carbons (Fsp3) is 0.400. The lowest BCUT2D eigenvalue weighted by atomic mass is 9.93. The zero-order chi connectivity index (χ0) is 15.6. The number of amides is 1. The summed E-state index contributed by atoms with van der Waals surface area (Å²) in [5.41, 5.74) is 5.37. The van der Waals surface area contributed by atoms with Gasteiger partial charge in [-0.2, -0.15) is 0 Å². The highest BCUT2D eigenvalue weighted by Gasteiger charge is 2.19. The molecule has 21 heavy (non-hydrogen) atoms. The maximum atomic E-state index is 11.7. The predicted molar refractivity (Wildman–Crippen MR) is 77.5 cm³/mol. The van der Waals surface area contributed by atoms with E-state index in [0.29, 0.717) is 24.0 Å². The molecule has 0 spiro atoms. The average Bonchev–Trinajstić information content (AvgIpc) is 2.43. The van der Waals surface area contributed by atoms with Crippen molar-refractivity contribution in [1.29, 1.82) is 0 Å². The molecule has 2 N–H and O–H groups in total. The van der Waals surface area contributed by atoms with E-state index in [-0.39, 0.29) is 11.2 Å². The van der Waals surface area contributed by atoms with Crippen molar-refractivity contribution < 1.29 is 13.6 Å². The van der Waals surface area contributed by atoms with Crippen LogP contribution in [-0.4, -0.2) is 5.91 Å². The van der Waals surface area contributed by atoms with Gasteiger partial charge in [-0.05, 0) is 24.5 Å². The third kappa shape index (κ3) is 2.74. The summed E-state index contributed by atoms with van der Waals surface area (Å²) in [6.07, 6.45) is 2.83. The molecule has 6 heteroatoms. The highest BCUT2D eigenvalue weighted by atomic mass is 16.5. The van der Waals surface area contributed by atoms with Crippen LogP contribution in [0.15, 0.2) is 24.5 Å².